The minimum absolute atomic E-state index is 0.00310. The number of β-amino-alcohol motifs (C(OH)–C–C–N with tert-alkyl or cyclic N) is 1. The lowest BCUT2D eigenvalue weighted by atomic mass is 9.76. The molecule has 1 fully saturated rings. The summed E-state index contributed by atoms with van der Waals surface area (Å²) in [5.41, 5.74) is 1.81. The molecule has 122 valence electrons. The van der Waals surface area contributed by atoms with E-state index < -0.39 is 12.0 Å². The van der Waals surface area contributed by atoms with Gasteiger partial charge >= 0.3 is 0 Å². The van der Waals surface area contributed by atoms with Gasteiger partial charge in [-0.05, 0) is 6.92 Å². The van der Waals surface area contributed by atoms with Crippen molar-refractivity contribution in [1.29, 1.82) is 0 Å². The Morgan fingerprint density at radius 3 is 3.14 bits per heavy atom. The van der Waals surface area contributed by atoms with Crippen LogP contribution in [0.5, 0.6) is 0 Å². The minimum atomic E-state index is -0.752. The first-order valence-electron chi connectivity index (χ1n) is 7.89. The zero-order valence-corrected chi connectivity index (χ0v) is 12.9. The Bertz CT molecular complexity index is 502. The molecule has 0 aromatic heterocycles. The Balaban J connectivity index is 1.71. The fourth-order valence-corrected chi connectivity index (χ4v) is 3.66. The molecule has 3 unspecified atom stereocenters. The molecule has 3 N–H and O–H groups in total. The van der Waals surface area contributed by atoms with Gasteiger partial charge in [-0.15, -0.1) is 0 Å². The molecule has 3 rings (SSSR count). The molecule has 0 radical (unpaired) electrons. The summed E-state index contributed by atoms with van der Waals surface area (Å²) in [7, 11) is 0. The molecule has 1 aliphatic carbocycles. The number of carbonyl (C=O) groups excluding carboxylic acids is 1. The van der Waals surface area contributed by atoms with Crippen LogP contribution in [0.25, 0.3) is 0 Å². The number of Topliss-reactive ketones (excluding diaryl/α,β-unsaturated/α-hetero) is 1. The number of allylic oxidation sites excluding steroid dienone is 1. The van der Waals surface area contributed by atoms with Crippen molar-refractivity contribution in [3.63, 3.8) is 0 Å². The smallest absolute Gasteiger partial charge is 0.153 e. The van der Waals surface area contributed by atoms with Crippen LogP contribution in [0.3, 0.4) is 0 Å². The second kappa shape index (κ2) is 6.50. The normalized spacial score (nSPS) is 33.8. The van der Waals surface area contributed by atoms with Crippen LogP contribution in [0.1, 0.15) is 6.92 Å². The predicted octanol–water partition coefficient (Wildman–Crippen LogP) is -0.711. The maximum absolute atomic E-state index is 12.6. The third kappa shape index (κ3) is 2.84. The van der Waals surface area contributed by atoms with Crippen LogP contribution in [0.2, 0.25) is 0 Å². The number of fused-ring (bicyclic) bond motifs is 1. The van der Waals surface area contributed by atoms with Crippen LogP contribution in [0.4, 0.5) is 0 Å². The molecular formula is C16H24N2O4. The van der Waals surface area contributed by atoms with Gasteiger partial charge in [0, 0.05) is 37.8 Å². The third-order valence-corrected chi connectivity index (χ3v) is 4.91. The van der Waals surface area contributed by atoms with Crippen molar-refractivity contribution in [3.05, 3.63) is 23.5 Å². The molecule has 3 aliphatic rings. The zero-order valence-electron chi connectivity index (χ0n) is 12.9. The number of nitrogens with one attached hydrogen (secondary N) is 1. The molecule has 2 heterocycles. The maximum Gasteiger partial charge on any atom is 0.153 e. The van der Waals surface area contributed by atoms with Gasteiger partial charge in [-0.25, -0.2) is 0 Å². The lowest BCUT2D eigenvalue weighted by Gasteiger charge is -2.38. The van der Waals surface area contributed by atoms with Crippen molar-refractivity contribution < 1.29 is 19.7 Å². The number of nitrogens with zero attached hydrogens (tertiary/aromatic N) is 1. The summed E-state index contributed by atoms with van der Waals surface area (Å²) >= 11 is 0. The average Bonchev–Trinajstić information content (AvgIpc) is 2.96. The van der Waals surface area contributed by atoms with Gasteiger partial charge in [-0.1, -0.05) is 11.6 Å². The van der Waals surface area contributed by atoms with Gasteiger partial charge in [-0.2, -0.15) is 0 Å². The summed E-state index contributed by atoms with van der Waals surface area (Å²) < 4.78 is 5.26. The van der Waals surface area contributed by atoms with Crippen molar-refractivity contribution in [2.45, 2.75) is 19.1 Å². The SMILES string of the molecule is CC1=CC2=COCC2C(=O)C1C(O)CN1CCNC[C@H]1CO. The molecule has 4 atom stereocenters. The van der Waals surface area contributed by atoms with Gasteiger partial charge in [0.2, 0.25) is 0 Å². The lowest BCUT2D eigenvalue weighted by Crippen LogP contribution is -2.56. The second-order valence-electron chi connectivity index (χ2n) is 6.37. The zero-order chi connectivity index (χ0) is 15.7. The number of ketones is 1. The highest BCUT2D eigenvalue weighted by Gasteiger charge is 2.41. The maximum atomic E-state index is 12.6. The molecule has 1 saturated heterocycles. The molecule has 22 heavy (non-hydrogen) atoms. The van der Waals surface area contributed by atoms with Crippen molar-refractivity contribution in [1.82, 2.24) is 10.2 Å². The highest BCUT2D eigenvalue weighted by Crippen LogP contribution is 2.35. The van der Waals surface area contributed by atoms with Crippen molar-refractivity contribution in [2.75, 3.05) is 39.4 Å². The molecular weight excluding hydrogens is 284 g/mol. The number of aliphatic hydroxyl groups excluding tert-OH is 2. The van der Waals surface area contributed by atoms with Gasteiger partial charge in [0.1, 0.15) is 6.61 Å². The first-order chi connectivity index (χ1) is 10.6. The number of aliphatic hydroxyl groups is 2. The van der Waals surface area contributed by atoms with Gasteiger partial charge in [0.15, 0.2) is 5.78 Å². The van der Waals surface area contributed by atoms with E-state index >= 15 is 0 Å². The first-order valence-corrected chi connectivity index (χ1v) is 7.89. The number of hydrogen-bond acceptors (Lipinski definition) is 6. The summed E-state index contributed by atoms with van der Waals surface area (Å²) in [4.78, 5) is 14.7. The van der Waals surface area contributed by atoms with E-state index in [1.807, 2.05) is 13.0 Å². The summed E-state index contributed by atoms with van der Waals surface area (Å²) in [5, 5.41) is 23.3. The van der Waals surface area contributed by atoms with Gasteiger partial charge in [0.05, 0.1) is 30.8 Å². The fourth-order valence-electron chi connectivity index (χ4n) is 3.66. The van der Waals surface area contributed by atoms with Crippen LogP contribution in [-0.2, 0) is 9.53 Å². The molecule has 0 spiro atoms. The minimum Gasteiger partial charge on any atom is -0.500 e. The Labute approximate surface area is 130 Å². The number of ether oxygens (including phenoxy) is 1. The molecule has 0 aromatic rings. The van der Waals surface area contributed by atoms with Crippen molar-refractivity contribution in [2.24, 2.45) is 11.8 Å². The number of hydrogen-bond donors (Lipinski definition) is 3. The monoisotopic (exact) mass is 308 g/mol. The predicted molar refractivity (Wildman–Crippen MR) is 81.1 cm³/mol. The number of piperazine rings is 1. The molecule has 2 aliphatic heterocycles. The first kappa shape index (κ1) is 15.7. The van der Waals surface area contributed by atoms with Crippen LogP contribution in [0, 0.1) is 11.8 Å². The van der Waals surface area contributed by atoms with Crippen LogP contribution >= 0.6 is 0 Å². The quantitative estimate of drug-likeness (QED) is 0.636. The van der Waals surface area contributed by atoms with Gasteiger partial charge in [-0.3, -0.25) is 9.69 Å². The standard InChI is InChI=1S/C16H24N2O4/c1-10-4-11-8-22-9-13(11)16(21)15(10)14(20)6-18-3-2-17-5-12(18)7-19/h4,8,12-15,17,19-20H,2-3,5-7,9H2,1H3/t12-,13?,14?,15?/m0/s1. The topological polar surface area (TPSA) is 82.0 Å². The Hall–Kier alpha value is -1.21. The van der Waals surface area contributed by atoms with E-state index in [1.54, 1.807) is 6.26 Å². The van der Waals surface area contributed by atoms with Crippen LogP contribution in [-0.4, -0.2) is 72.4 Å². The van der Waals surface area contributed by atoms with E-state index in [0.717, 1.165) is 24.2 Å². The molecule has 0 saturated carbocycles. The van der Waals surface area contributed by atoms with Crippen LogP contribution in [0.15, 0.2) is 23.5 Å². The lowest BCUT2D eigenvalue weighted by molar-refractivity contribution is -0.129. The highest BCUT2D eigenvalue weighted by atomic mass is 16.5. The highest BCUT2D eigenvalue weighted by molar-refractivity contribution is 5.91. The van der Waals surface area contributed by atoms with E-state index in [1.165, 1.54) is 0 Å². The van der Waals surface area contributed by atoms with E-state index in [9.17, 15) is 15.0 Å². The Kier molecular flexibility index (Phi) is 4.63. The Morgan fingerprint density at radius 1 is 1.55 bits per heavy atom. The summed E-state index contributed by atoms with van der Waals surface area (Å²) in [6.07, 6.45) is 2.86. The van der Waals surface area contributed by atoms with Crippen molar-refractivity contribution >= 4 is 5.78 Å². The van der Waals surface area contributed by atoms with E-state index in [0.29, 0.717) is 19.7 Å². The summed E-state index contributed by atoms with van der Waals surface area (Å²) in [6, 6.07) is -0.00310. The molecule has 0 amide bonds. The van der Waals surface area contributed by atoms with E-state index in [2.05, 4.69) is 10.2 Å². The third-order valence-electron chi connectivity index (χ3n) is 4.91. The molecule has 0 aromatic carbocycles. The number of carbonyl (C=O) groups is 1. The van der Waals surface area contributed by atoms with E-state index in [-0.39, 0.29) is 24.3 Å². The molecule has 6 heteroatoms. The summed E-state index contributed by atoms with van der Waals surface area (Å²) in [6.45, 7) is 5.04. The Morgan fingerprint density at radius 2 is 2.36 bits per heavy atom. The molecule has 0 bridgehead atoms. The van der Waals surface area contributed by atoms with Crippen LogP contribution < -0.4 is 5.32 Å². The van der Waals surface area contributed by atoms with E-state index in [4.69, 9.17) is 4.74 Å². The second-order valence-corrected chi connectivity index (χ2v) is 6.37. The largest absolute Gasteiger partial charge is 0.500 e. The van der Waals surface area contributed by atoms with Gasteiger partial charge < -0.3 is 20.3 Å². The fraction of sp³-hybridized carbons (Fsp3) is 0.688. The number of rotatable bonds is 4. The molecule has 6 nitrogen and oxygen atoms in total. The summed E-state index contributed by atoms with van der Waals surface area (Å²) in [5.74, 6) is -0.662. The van der Waals surface area contributed by atoms with Gasteiger partial charge in [0.25, 0.3) is 0 Å². The average molecular weight is 308 g/mol. The van der Waals surface area contributed by atoms with Crippen molar-refractivity contribution in [3.8, 4) is 0 Å².